The molecule has 0 spiro atoms. The first-order valence-electron chi connectivity index (χ1n) is 5.71. The monoisotopic (exact) mass is 287 g/mol. The van der Waals surface area contributed by atoms with Gasteiger partial charge in [0.1, 0.15) is 0 Å². The zero-order valence-corrected chi connectivity index (χ0v) is 10.5. The predicted molar refractivity (Wildman–Crippen MR) is 72.2 cm³/mol. The second-order valence-electron chi connectivity index (χ2n) is 4.03. The summed E-state index contributed by atoms with van der Waals surface area (Å²) in [6, 6.07) is 6.30. The average molecular weight is 287 g/mol. The van der Waals surface area contributed by atoms with Gasteiger partial charge in [-0.2, -0.15) is 0 Å². The van der Waals surface area contributed by atoms with Gasteiger partial charge in [-0.15, -0.1) is 0 Å². The molecule has 0 fully saturated rings. The number of non-ortho nitro benzene ring substituents is 1. The lowest BCUT2D eigenvalue weighted by Gasteiger charge is -2.05. The highest BCUT2D eigenvalue weighted by Gasteiger charge is 2.11. The minimum atomic E-state index is -1.16. The first kappa shape index (κ1) is 14.1. The SMILES string of the molecule is O=C(O)c1cncc(NC(=O)c2ccc([N+](=O)[O-])cc2)c1. The molecule has 0 saturated carbocycles. The molecule has 0 aliphatic rings. The Balaban J connectivity index is 2.16. The van der Waals surface area contributed by atoms with Crippen LogP contribution in [0.5, 0.6) is 0 Å². The van der Waals surface area contributed by atoms with E-state index in [9.17, 15) is 19.7 Å². The molecule has 2 rings (SSSR count). The van der Waals surface area contributed by atoms with Crippen LogP contribution in [0.2, 0.25) is 0 Å². The molecule has 0 radical (unpaired) electrons. The number of nitrogens with zero attached hydrogens (tertiary/aromatic N) is 2. The molecule has 1 aromatic heterocycles. The third-order valence-electron chi connectivity index (χ3n) is 2.58. The predicted octanol–water partition coefficient (Wildman–Crippen LogP) is 1.94. The van der Waals surface area contributed by atoms with Crippen molar-refractivity contribution in [3.05, 3.63) is 64.0 Å². The Labute approximate surface area is 118 Å². The highest BCUT2D eigenvalue weighted by Crippen LogP contribution is 2.14. The molecule has 21 heavy (non-hydrogen) atoms. The van der Waals surface area contributed by atoms with Gasteiger partial charge in [-0.1, -0.05) is 0 Å². The molecule has 1 aromatic carbocycles. The van der Waals surface area contributed by atoms with E-state index < -0.39 is 16.8 Å². The van der Waals surface area contributed by atoms with Crippen molar-refractivity contribution in [2.45, 2.75) is 0 Å². The quantitative estimate of drug-likeness (QED) is 0.654. The number of carbonyl (C=O) groups is 2. The number of rotatable bonds is 4. The number of aromatic nitrogens is 1. The molecule has 0 aliphatic heterocycles. The molecule has 1 amide bonds. The number of carbonyl (C=O) groups excluding carboxylic acids is 1. The number of carboxylic acids is 1. The molecule has 0 saturated heterocycles. The van der Waals surface area contributed by atoms with Crippen molar-refractivity contribution in [3.63, 3.8) is 0 Å². The van der Waals surface area contributed by atoms with Crippen LogP contribution >= 0.6 is 0 Å². The molecule has 2 aromatic rings. The zero-order valence-electron chi connectivity index (χ0n) is 10.5. The summed E-state index contributed by atoms with van der Waals surface area (Å²) in [5.74, 6) is -1.68. The maximum absolute atomic E-state index is 11.9. The van der Waals surface area contributed by atoms with Gasteiger partial charge in [-0.3, -0.25) is 19.9 Å². The molecule has 1 heterocycles. The molecule has 8 heteroatoms. The lowest BCUT2D eigenvalue weighted by molar-refractivity contribution is -0.384. The van der Waals surface area contributed by atoms with Crippen LogP contribution in [0, 0.1) is 10.1 Å². The van der Waals surface area contributed by atoms with Crippen molar-refractivity contribution in [1.29, 1.82) is 0 Å². The van der Waals surface area contributed by atoms with Crippen molar-refractivity contribution < 1.29 is 19.6 Å². The van der Waals surface area contributed by atoms with E-state index in [-0.39, 0.29) is 22.5 Å². The lowest BCUT2D eigenvalue weighted by atomic mass is 10.2. The van der Waals surface area contributed by atoms with Gasteiger partial charge in [0, 0.05) is 23.9 Å². The third-order valence-corrected chi connectivity index (χ3v) is 2.58. The van der Waals surface area contributed by atoms with Crippen molar-refractivity contribution in [2.75, 3.05) is 5.32 Å². The minimum Gasteiger partial charge on any atom is -0.478 e. The average Bonchev–Trinajstić information content (AvgIpc) is 2.47. The molecular weight excluding hydrogens is 278 g/mol. The summed E-state index contributed by atoms with van der Waals surface area (Å²) in [5, 5.41) is 21.8. The summed E-state index contributed by atoms with van der Waals surface area (Å²) in [6.07, 6.45) is 2.46. The number of hydrogen-bond acceptors (Lipinski definition) is 5. The Kier molecular flexibility index (Phi) is 3.89. The van der Waals surface area contributed by atoms with E-state index in [1.165, 1.54) is 36.5 Å². The zero-order chi connectivity index (χ0) is 15.4. The molecule has 8 nitrogen and oxygen atoms in total. The largest absolute Gasteiger partial charge is 0.478 e. The molecular formula is C13H9N3O5. The van der Waals surface area contributed by atoms with Gasteiger partial charge >= 0.3 is 5.97 Å². The minimum absolute atomic E-state index is 0.0588. The lowest BCUT2D eigenvalue weighted by Crippen LogP contribution is -2.12. The van der Waals surface area contributed by atoms with Crippen LogP contribution in [0.25, 0.3) is 0 Å². The van der Waals surface area contributed by atoms with Crippen LogP contribution in [-0.4, -0.2) is 26.9 Å². The number of nitrogens with one attached hydrogen (secondary N) is 1. The van der Waals surface area contributed by atoms with Crippen LogP contribution in [0.15, 0.2) is 42.7 Å². The van der Waals surface area contributed by atoms with Gasteiger partial charge in [0.2, 0.25) is 0 Å². The maximum atomic E-state index is 11.9. The van der Waals surface area contributed by atoms with E-state index in [1.54, 1.807) is 0 Å². The standard InChI is InChI=1S/C13H9N3O5/c17-12(8-1-3-11(4-2-8)16(20)21)15-10-5-9(13(18)19)6-14-7-10/h1-7H,(H,15,17)(H,18,19). The molecule has 106 valence electrons. The van der Waals surface area contributed by atoms with Gasteiger partial charge in [0.15, 0.2) is 0 Å². The van der Waals surface area contributed by atoms with Crippen LogP contribution in [-0.2, 0) is 0 Å². The summed E-state index contributed by atoms with van der Waals surface area (Å²) < 4.78 is 0. The molecule has 0 bridgehead atoms. The van der Waals surface area contributed by atoms with Crippen LogP contribution in [0.3, 0.4) is 0 Å². The molecule has 2 N–H and O–H groups in total. The van der Waals surface area contributed by atoms with Gasteiger partial charge < -0.3 is 10.4 Å². The summed E-state index contributed by atoms with van der Waals surface area (Å²) >= 11 is 0. The summed E-state index contributed by atoms with van der Waals surface area (Å²) in [5.41, 5.74) is 0.247. The topological polar surface area (TPSA) is 122 Å². The van der Waals surface area contributed by atoms with Gasteiger partial charge in [0.25, 0.3) is 11.6 Å². The van der Waals surface area contributed by atoms with Gasteiger partial charge in [-0.05, 0) is 18.2 Å². The number of amides is 1. The second kappa shape index (κ2) is 5.78. The summed E-state index contributed by atoms with van der Waals surface area (Å²) in [7, 11) is 0. The molecule has 0 aliphatic carbocycles. The van der Waals surface area contributed by atoms with Crippen molar-refractivity contribution in [3.8, 4) is 0 Å². The fraction of sp³-hybridized carbons (Fsp3) is 0. The van der Waals surface area contributed by atoms with E-state index in [1.807, 2.05) is 0 Å². The van der Waals surface area contributed by atoms with Gasteiger partial charge in [0.05, 0.1) is 22.4 Å². The number of hydrogen-bond donors (Lipinski definition) is 2. The van der Waals surface area contributed by atoms with E-state index in [2.05, 4.69) is 10.3 Å². The fourth-order valence-corrected chi connectivity index (χ4v) is 1.56. The normalized spacial score (nSPS) is 9.90. The van der Waals surface area contributed by atoms with Crippen LogP contribution < -0.4 is 5.32 Å². The maximum Gasteiger partial charge on any atom is 0.337 e. The Morgan fingerprint density at radius 2 is 1.81 bits per heavy atom. The van der Waals surface area contributed by atoms with E-state index in [0.29, 0.717) is 0 Å². The Morgan fingerprint density at radius 3 is 2.38 bits per heavy atom. The molecule has 0 unspecified atom stereocenters. The first-order chi connectivity index (χ1) is 9.97. The van der Waals surface area contributed by atoms with Crippen molar-refractivity contribution in [2.24, 2.45) is 0 Å². The van der Waals surface area contributed by atoms with Crippen LogP contribution in [0.1, 0.15) is 20.7 Å². The highest BCUT2D eigenvalue weighted by atomic mass is 16.6. The second-order valence-corrected chi connectivity index (χ2v) is 4.03. The summed E-state index contributed by atoms with van der Waals surface area (Å²) in [4.78, 5) is 36.4. The number of carboxylic acid groups (broad SMARTS) is 1. The summed E-state index contributed by atoms with van der Waals surface area (Å²) in [6.45, 7) is 0. The van der Waals surface area contributed by atoms with Crippen molar-refractivity contribution >= 4 is 23.3 Å². The van der Waals surface area contributed by atoms with Gasteiger partial charge in [-0.25, -0.2) is 4.79 Å². The number of aromatic carboxylic acids is 1. The number of pyridine rings is 1. The fourth-order valence-electron chi connectivity index (χ4n) is 1.56. The molecule has 0 atom stereocenters. The third kappa shape index (κ3) is 3.38. The Hall–Kier alpha value is -3.29. The Morgan fingerprint density at radius 1 is 1.14 bits per heavy atom. The van der Waals surface area contributed by atoms with E-state index >= 15 is 0 Å². The number of benzene rings is 1. The number of nitro benzene ring substituents is 1. The van der Waals surface area contributed by atoms with Crippen molar-refractivity contribution in [1.82, 2.24) is 4.98 Å². The van der Waals surface area contributed by atoms with E-state index in [0.717, 1.165) is 6.20 Å². The van der Waals surface area contributed by atoms with Crippen LogP contribution in [0.4, 0.5) is 11.4 Å². The van der Waals surface area contributed by atoms with E-state index in [4.69, 9.17) is 5.11 Å². The smallest absolute Gasteiger partial charge is 0.337 e. The highest BCUT2D eigenvalue weighted by molar-refractivity contribution is 6.04. The Bertz CT molecular complexity index is 712. The number of anilines is 1. The first-order valence-corrected chi connectivity index (χ1v) is 5.71. The number of nitro groups is 1.